The number of Topliss-reactive ketones (excluding diaryl/α,β-unsaturated/α-hetero) is 2. The van der Waals surface area contributed by atoms with Crippen LogP contribution in [0.15, 0.2) is 11.6 Å². The van der Waals surface area contributed by atoms with Gasteiger partial charge in [-0.05, 0) is 92.3 Å². The number of rotatable bonds is 4. The minimum absolute atomic E-state index is 0.188. The van der Waals surface area contributed by atoms with Crippen LogP contribution in [-0.2, 0) is 14.3 Å². The molecule has 4 aliphatic carbocycles. The van der Waals surface area contributed by atoms with Crippen molar-refractivity contribution < 1.29 is 14.3 Å². The van der Waals surface area contributed by atoms with Crippen LogP contribution < -0.4 is 0 Å². The lowest BCUT2D eigenvalue weighted by atomic mass is 9.41. The van der Waals surface area contributed by atoms with Crippen LogP contribution in [0.25, 0.3) is 0 Å². The van der Waals surface area contributed by atoms with Gasteiger partial charge in [-0.1, -0.05) is 53.2 Å². The van der Waals surface area contributed by atoms with E-state index in [1.807, 2.05) is 13.8 Å². The van der Waals surface area contributed by atoms with E-state index in [0.717, 1.165) is 19.3 Å². The highest BCUT2D eigenvalue weighted by molar-refractivity contribution is 5.87. The van der Waals surface area contributed by atoms with E-state index < -0.39 is 0 Å². The van der Waals surface area contributed by atoms with Gasteiger partial charge >= 0.3 is 0 Å². The van der Waals surface area contributed by atoms with Crippen LogP contribution in [0.1, 0.15) is 107 Å². The molecule has 0 N–H and O–H groups in total. The van der Waals surface area contributed by atoms with E-state index in [0.29, 0.717) is 41.7 Å². The first-order valence-electron chi connectivity index (χ1n) is 13.6. The van der Waals surface area contributed by atoms with Crippen molar-refractivity contribution in [3.63, 3.8) is 0 Å². The molecule has 184 valence electrons. The van der Waals surface area contributed by atoms with Crippen LogP contribution in [0.2, 0.25) is 0 Å². The molecular weight excluding hydrogens is 408 g/mol. The zero-order valence-electron chi connectivity index (χ0n) is 22.3. The molecule has 5 aliphatic rings. The molecule has 5 unspecified atom stereocenters. The predicted octanol–water partition coefficient (Wildman–Crippen LogP) is 6.93. The van der Waals surface area contributed by atoms with Crippen molar-refractivity contribution >= 4 is 11.6 Å². The van der Waals surface area contributed by atoms with E-state index in [1.54, 1.807) is 5.57 Å². The first-order chi connectivity index (χ1) is 15.2. The molecule has 8 atom stereocenters. The monoisotopic (exact) mass is 454 g/mol. The van der Waals surface area contributed by atoms with Crippen LogP contribution in [0, 0.1) is 45.3 Å². The second kappa shape index (κ2) is 7.05. The fourth-order valence-electron chi connectivity index (χ4n) is 9.76. The van der Waals surface area contributed by atoms with E-state index in [-0.39, 0.29) is 33.4 Å². The third kappa shape index (κ3) is 3.09. The zero-order chi connectivity index (χ0) is 24.2. The highest BCUT2D eigenvalue weighted by Gasteiger charge is 2.65. The topological polar surface area (TPSA) is 46.7 Å². The Bertz CT molecular complexity index is 912. The van der Waals surface area contributed by atoms with E-state index in [4.69, 9.17) is 4.74 Å². The summed E-state index contributed by atoms with van der Waals surface area (Å²) in [6, 6.07) is 0. The number of carbonyl (C=O) groups excluding carboxylic acids is 2. The fourth-order valence-corrected chi connectivity index (χ4v) is 9.76. The summed E-state index contributed by atoms with van der Waals surface area (Å²) in [7, 11) is 0. The first-order valence-corrected chi connectivity index (χ1v) is 13.6. The molecule has 1 aliphatic heterocycles. The molecule has 0 aromatic carbocycles. The number of ketones is 2. The Morgan fingerprint density at radius 3 is 2.36 bits per heavy atom. The SMILES string of the molecule is CC(CC(=O)C1OC1(C)C)C1CC[C@]2(C)C3=CCC4C(C)(C)C(=O)CC[C@]4(C)C3CC[C@@]12C. The Balaban J connectivity index is 1.41. The molecule has 0 bridgehead atoms. The van der Waals surface area contributed by atoms with Crippen molar-refractivity contribution in [2.24, 2.45) is 45.3 Å². The molecule has 0 aromatic heterocycles. The van der Waals surface area contributed by atoms with Gasteiger partial charge in [-0.15, -0.1) is 0 Å². The van der Waals surface area contributed by atoms with Gasteiger partial charge < -0.3 is 4.74 Å². The largest absolute Gasteiger partial charge is 0.358 e. The van der Waals surface area contributed by atoms with Gasteiger partial charge in [0, 0.05) is 18.3 Å². The normalized spacial score (nSPS) is 48.2. The number of epoxide rings is 1. The average Bonchev–Trinajstić information content (AvgIpc) is 3.26. The van der Waals surface area contributed by atoms with Crippen LogP contribution in [0.3, 0.4) is 0 Å². The molecular formula is C30H46O3. The lowest BCUT2D eigenvalue weighted by Crippen LogP contribution is -2.57. The van der Waals surface area contributed by atoms with Crippen LogP contribution in [0.4, 0.5) is 0 Å². The van der Waals surface area contributed by atoms with E-state index in [9.17, 15) is 9.59 Å². The quantitative estimate of drug-likeness (QED) is 0.342. The number of ether oxygens (including phenoxy) is 1. The Morgan fingerprint density at radius 1 is 1.06 bits per heavy atom. The maximum absolute atomic E-state index is 12.9. The summed E-state index contributed by atoms with van der Waals surface area (Å²) < 4.78 is 5.66. The predicted molar refractivity (Wildman–Crippen MR) is 132 cm³/mol. The molecule has 3 heteroatoms. The summed E-state index contributed by atoms with van der Waals surface area (Å²) in [5, 5.41) is 0. The molecule has 3 saturated carbocycles. The van der Waals surface area contributed by atoms with Gasteiger partial charge in [-0.2, -0.15) is 0 Å². The molecule has 5 rings (SSSR count). The Hall–Kier alpha value is -0.960. The van der Waals surface area contributed by atoms with Gasteiger partial charge in [0.1, 0.15) is 11.9 Å². The van der Waals surface area contributed by atoms with Gasteiger partial charge in [0.15, 0.2) is 5.78 Å². The maximum atomic E-state index is 12.9. The molecule has 0 spiro atoms. The first kappa shape index (κ1) is 23.8. The highest BCUT2D eigenvalue weighted by atomic mass is 16.6. The highest BCUT2D eigenvalue weighted by Crippen LogP contribution is 2.73. The standard InChI is InChI=1S/C30H46O3/c1-18(17-22(31)25-27(4,5)33-25)19-11-15-30(8)21-9-10-23-26(2,3)24(32)13-14-28(23,6)20(21)12-16-29(19,30)7/h9,18-20,23,25H,10-17H2,1-8H3/t18?,19?,20?,23?,25?,28-,29+,30-/m1/s1. The molecule has 0 amide bonds. The molecule has 1 heterocycles. The Labute approximate surface area is 201 Å². The summed E-state index contributed by atoms with van der Waals surface area (Å²) in [6.45, 7) is 18.4. The smallest absolute Gasteiger partial charge is 0.164 e. The molecule has 1 saturated heterocycles. The third-order valence-corrected chi connectivity index (χ3v) is 12.1. The minimum atomic E-state index is -0.253. The van der Waals surface area contributed by atoms with Gasteiger partial charge in [0.25, 0.3) is 0 Å². The summed E-state index contributed by atoms with van der Waals surface area (Å²) in [5.41, 5.74) is 1.96. The van der Waals surface area contributed by atoms with Crippen molar-refractivity contribution in [3.05, 3.63) is 11.6 Å². The lowest BCUT2D eigenvalue weighted by Gasteiger charge is -2.63. The number of hydrogen-bond donors (Lipinski definition) is 0. The van der Waals surface area contributed by atoms with Crippen molar-refractivity contribution in [2.45, 2.75) is 118 Å². The van der Waals surface area contributed by atoms with Crippen molar-refractivity contribution in [1.29, 1.82) is 0 Å². The summed E-state index contributed by atoms with van der Waals surface area (Å²) in [6.07, 6.45) is 10.9. The number of fused-ring (bicyclic) bond motifs is 5. The van der Waals surface area contributed by atoms with Gasteiger partial charge in [0.05, 0.1) is 5.60 Å². The Morgan fingerprint density at radius 2 is 1.73 bits per heavy atom. The van der Waals surface area contributed by atoms with Gasteiger partial charge in [0.2, 0.25) is 0 Å². The van der Waals surface area contributed by atoms with Gasteiger partial charge in [-0.25, -0.2) is 0 Å². The van der Waals surface area contributed by atoms with E-state index in [2.05, 4.69) is 47.6 Å². The second-order valence-corrected chi connectivity index (χ2v) is 14.3. The number of carbonyl (C=O) groups is 2. The van der Waals surface area contributed by atoms with Crippen LogP contribution >= 0.6 is 0 Å². The van der Waals surface area contributed by atoms with Crippen molar-refractivity contribution in [2.75, 3.05) is 0 Å². The van der Waals surface area contributed by atoms with E-state index >= 15 is 0 Å². The molecule has 0 aromatic rings. The van der Waals surface area contributed by atoms with Crippen LogP contribution in [0.5, 0.6) is 0 Å². The van der Waals surface area contributed by atoms with E-state index in [1.165, 1.54) is 25.7 Å². The maximum Gasteiger partial charge on any atom is 0.164 e. The number of allylic oxidation sites excluding steroid dienone is 2. The molecule has 0 radical (unpaired) electrons. The molecule has 3 nitrogen and oxygen atoms in total. The van der Waals surface area contributed by atoms with Crippen molar-refractivity contribution in [1.82, 2.24) is 0 Å². The fraction of sp³-hybridized carbons (Fsp3) is 0.867. The van der Waals surface area contributed by atoms with Crippen molar-refractivity contribution in [3.8, 4) is 0 Å². The Kier molecular flexibility index (Phi) is 5.08. The van der Waals surface area contributed by atoms with Crippen LogP contribution in [-0.4, -0.2) is 23.3 Å². The number of hydrogen-bond acceptors (Lipinski definition) is 3. The summed E-state index contributed by atoms with van der Waals surface area (Å²) in [5.74, 6) is 2.84. The lowest BCUT2D eigenvalue weighted by molar-refractivity contribution is -0.146. The third-order valence-electron chi connectivity index (χ3n) is 12.1. The van der Waals surface area contributed by atoms with Gasteiger partial charge in [-0.3, -0.25) is 9.59 Å². The second-order valence-electron chi connectivity index (χ2n) is 14.3. The average molecular weight is 455 g/mol. The summed E-state index contributed by atoms with van der Waals surface area (Å²) >= 11 is 0. The zero-order valence-corrected chi connectivity index (χ0v) is 22.3. The minimum Gasteiger partial charge on any atom is -0.358 e. The molecule has 4 fully saturated rings. The molecule has 33 heavy (non-hydrogen) atoms. The summed E-state index contributed by atoms with van der Waals surface area (Å²) in [4.78, 5) is 25.7.